The zero-order valence-corrected chi connectivity index (χ0v) is 10.6. The van der Waals surface area contributed by atoms with Crippen LogP contribution < -0.4 is 10.6 Å². The molecule has 0 aliphatic carbocycles. The van der Waals surface area contributed by atoms with Gasteiger partial charge in [0, 0.05) is 24.7 Å². The Morgan fingerprint density at radius 3 is 3.00 bits per heavy atom. The fourth-order valence-electron chi connectivity index (χ4n) is 2.08. The van der Waals surface area contributed by atoms with Crippen molar-refractivity contribution in [2.45, 2.75) is 18.5 Å². The Morgan fingerprint density at radius 2 is 2.35 bits per heavy atom. The number of alkyl carbamates (subject to hydrolysis) is 1. The standard InChI is InChI=1S/C10H17N3O3S/c1-16-10(15)12-7-2-3-13(4-7)9(14)8-5-17-6-11-8/h7-8,11H,2-6H2,1H3,(H,12,15). The first-order valence-corrected chi connectivity index (χ1v) is 6.80. The molecule has 2 saturated heterocycles. The molecule has 2 fully saturated rings. The largest absolute Gasteiger partial charge is 0.453 e. The van der Waals surface area contributed by atoms with Gasteiger partial charge in [-0.15, -0.1) is 11.8 Å². The number of ether oxygens (including phenoxy) is 1. The summed E-state index contributed by atoms with van der Waals surface area (Å²) in [7, 11) is 1.34. The van der Waals surface area contributed by atoms with Crippen molar-refractivity contribution in [3.8, 4) is 0 Å². The Labute approximate surface area is 104 Å². The van der Waals surface area contributed by atoms with E-state index in [0.717, 1.165) is 18.1 Å². The molecule has 2 aliphatic heterocycles. The molecule has 0 aromatic rings. The van der Waals surface area contributed by atoms with Crippen LogP contribution in [-0.2, 0) is 9.53 Å². The van der Waals surface area contributed by atoms with Gasteiger partial charge in [-0.3, -0.25) is 10.1 Å². The van der Waals surface area contributed by atoms with Crippen LogP contribution in [-0.4, -0.2) is 60.8 Å². The molecule has 17 heavy (non-hydrogen) atoms. The highest BCUT2D eigenvalue weighted by atomic mass is 32.2. The normalized spacial score (nSPS) is 28.2. The van der Waals surface area contributed by atoms with Gasteiger partial charge in [-0.05, 0) is 6.42 Å². The number of carbonyl (C=O) groups excluding carboxylic acids is 2. The van der Waals surface area contributed by atoms with Gasteiger partial charge in [0.05, 0.1) is 19.2 Å². The van der Waals surface area contributed by atoms with Crippen LogP contribution in [0.3, 0.4) is 0 Å². The SMILES string of the molecule is COC(=O)NC1CCN(C(=O)C2CSCN2)C1. The number of rotatable bonds is 2. The molecule has 0 spiro atoms. The summed E-state index contributed by atoms with van der Waals surface area (Å²) in [6, 6.07) is -0.0441. The topological polar surface area (TPSA) is 70.7 Å². The van der Waals surface area contributed by atoms with Gasteiger partial charge in [0.15, 0.2) is 0 Å². The highest BCUT2D eigenvalue weighted by molar-refractivity contribution is 7.99. The summed E-state index contributed by atoms with van der Waals surface area (Å²) in [4.78, 5) is 24.9. The van der Waals surface area contributed by atoms with Gasteiger partial charge in [-0.2, -0.15) is 0 Å². The summed E-state index contributed by atoms with van der Waals surface area (Å²) in [5.41, 5.74) is 0. The van der Waals surface area contributed by atoms with Crippen LogP contribution in [0.15, 0.2) is 0 Å². The highest BCUT2D eigenvalue weighted by Crippen LogP contribution is 2.16. The van der Waals surface area contributed by atoms with Crippen molar-refractivity contribution < 1.29 is 14.3 Å². The number of amides is 2. The van der Waals surface area contributed by atoms with Crippen molar-refractivity contribution in [1.29, 1.82) is 0 Å². The average molecular weight is 259 g/mol. The second-order valence-electron chi connectivity index (χ2n) is 4.18. The van der Waals surface area contributed by atoms with E-state index in [1.807, 2.05) is 4.90 Å². The molecule has 0 saturated carbocycles. The molecule has 2 atom stereocenters. The molecular formula is C10H17N3O3S. The fraction of sp³-hybridized carbons (Fsp3) is 0.800. The molecule has 6 nitrogen and oxygen atoms in total. The van der Waals surface area contributed by atoms with Crippen LogP contribution in [0.4, 0.5) is 4.79 Å². The van der Waals surface area contributed by atoms with Crippen LogP contribution in [0.5, 0.6) is 0 Å². The number of hydrogen-bond donors (Lipinski definition) is 2. The quantitative estimate of drug-likeness (QED) is 0.706. The third-order valence-corrected chi connectivity index (χ3v) is 3.96. The third-order valence-electron chi connectivity index (χ3n) is 3.02. The van der Waals surface area contributed by atoms with Crippen LogP contribution >= 0.6 is 11.8 Å². The molecule has 2 N–H and O–H groups in total. The van der Waals surface area contributed by atoms with E-state index in [1.54, 1.807) is 11.8 Å². The number of methoxy groups -OCH3 is 1. The first-order valence-electron chi connectivity index (χ1n) is 5.65. The Kier molecular flexibility index (Phi) is 4.11. The molecule has 0 radical (unpaired) electrons. The van der Waals surface area contributed by atoms with Crippen molar-refractivity contribution in [3.05, 3.63) is 0 Å². The van der Waals surface area contributed by atoms with Crippen molar-refractivity contribution >= 4 is 23.8 Å². The minimum absolute atomic E-state index is 0.0143. The zero-order chi connectivity index (χ0) is 12.3. The molecule has 2 heterocycles. The van der Waals surface area contributed by atoms with Crippen LogP contribution in [0.25, 0.3) is 0 Å². The van der Waals surface area contributed by atoms with Crippen molar-refractivity contribution in [2.75, 3.05) is 31.8 Å². The van der Waals surface area contributed by atoms with Gasteiger partial charge in [0.2, 0.25) is 5.91 Å². The first kappa shape index (κ1) is 12.5. The van der Waals surface area contributed by atoms with Crippen LogP contribution in [0.1, 0.15) is 6.42 Å². The lowest BCUT2D eigenvalue weighted by molar-refractivity contribution is -0.131. The van der Waals surface area contributed by atoms with E-state index in [2.05, 4.69) is 15.4 Å². The fourth-order valence-corrected chi connectivity index (χ4v) is 3.01. The predicted octanol–water partition coefficient (Wildman–Crippen LogP) is -0.394. The van der Waals surface area contributed by atoms with E-state index >= 15 is 0 Å². The number of hydrogen-bond acceptors (Lipinski definition) is 5. The van der Waals surface area contributed by atoms with E-state index in [4.69, 9.17) is 0 Å². The first-order chi connectivity index (χ1) is 8.20. The second kappa shape index (κ2) is 5.59. The van der Waals surface area contributed by atoms with Crippen LogP contribution in [0, 0.1) is 0 Å². The monoisotopic (exact) mass is 259 g/mol. The molecular weight excluding hydrogens is 242 g/mol. The van der Waals surface area contributed by atoms with Gasteiger partial charge >= 0.3 is 6.09 Å². The summed E-state index contributed by atoms with van der Waals surface area (Å²) in [5.74, 6) is 1.82. The lowest BCUT2D eigenvalue weighted by Gasteiger charge is -2.20. The summed E-state index contributed by atoms with van der Waals surface area (Å²) in [6.45, 7) is 1.28. The minimum atomic E-state index is -0.432. The van der Waals surface area contributed by atoms with E-state index in [1.165, 1.54) is 7.11 Å². The Bertz CT molecular complexity index is 307. The smallest absolute Gasteiger partial charge is 0.407 e. The molecule has 96 valence electrons. The number of nitrogens with one attached hydrogen (secondary N) is 2. The number of carbonyl (C=O) groups is 2. The van der Waals surface area contributed by atoms with E-state index in [0.29, 0.717) is 13.1 Å². The second-order valence-corrected chi connectivity index (χ2v) is 5.21. The number of nitrogens with zero attached hydrogens (tertiary/aromatic N) is 1. The maximum atomic E-state index is 12.1. The van der Waals surface area contributed by atoms with Gasteiger partial charge in [0.1, 0.15) is 0 Å². The maximum absolute atomic E-state index is 12.1. The summed E-state index contributed by atoms with van der Waals surface area (Å²) < 4.78 is 4.54. The molecule has 0 aromatic heterocycles. The lowest BCUT2D eigenvalue weighted by Crippen LogP contribution is -2.45. The number of thioether (sulfide) groups is 1. The van der Waals surface area contributed by atoms with Gasteiger partial charge in [-0.1, -0.05) is 0 Å². The molecule has 2 rings (SSSR count). The average Bonchev–Trinajstić information content (AvgIpc) is 2.98. The maximum Gasteiger partial charge on any atom is 0.407 e. The Hall–Kier alpha value is -0.950. The Balaban J connectivity index is 1.80. The number of likely N-dealkylation sites (tertiary alicyclic amines) is 1. The Morgan fingerprint density at radius 1 is 1.53 bits per heavy atom. The molecule has 2 amide bonds. The highest BCUT2D eigenvalue weighted by Gasteiger charge is 2.32. The lowest BCUT2D eigenvalue weighted by atomic mass is 10.3. The molecule has 0 bridgehead atoms. The zero-order valence-electron chi connectivity index (χ0n) is 9.77. The summed E-state index contributed by atoms with van der Waals surface area (Å²) >= 11 is 1.74. The summed E-state index contributed by atoms with van der Waals surface area (Å²) in [6.07, 6.45) is 0.361. The molecule has 7 heteroatoms. The molecule has 0 aromatic carbocycles. The molecule has 2 aliphatic rings. The van der Waals surface area contributed by atoms with Gasteiger partial charge in [-0.25, -0.2) is 4.79 Å². The van der Waals surface area contributed by atoms with Crippen molar-refractivity contribution in [3.63, 3.8) is 0 Å². The minimum Gasteiger partial charge on any atom is -0.453 e. The van der Waals surface area contributed by atoms with Crippen molar-refractivity contribution in [1.82, 2.24) is 15.5 Å². The predicted molar refractivity (Wildman–Crippen MR) is 64.8 cm³/mol. The van der Waals surface area contributed by atoms with E-state index in [9.17, 15) is 9.59 Å². The third kappa shape index (κ3) is 3.04. The van der Waals surface area contributed by atoms with Gasteiger partial charge < -0.3 is 15.0 Å². The summed E-state index contributed by atoms with van der Waals surface area (Å²) in [5, 5.41) is 5.88. The van der Waals surface area contributed by atoms with Crippen molar-refractivity contribution in [2.24, 2.45) is 0 Å². The van der Waals surface area contributed by atoms with Crippen LogP contribution in [0.2, 0.25) is 0 Å². The van der Waals surface area contributed by atoms with Gasteiger partial charge in [0.25, 0.3) is 0 Å². The van der Waals surface area contributed by atoms with E-state index in [-0.39, 0.29) is 18.0 Å². The molecule has 2 unspecified atom stereocenters. The van der Waals surface area contributed by atoms with E-state index < -0.39 is 6.09 Å².